The van der Waals surface area contributed by atoms with Gasteiger partial charge in [-0.1, -0.05) is 0 Å². The van der Waals surface area contributed by atoms with E-state index in [9.17, 15) is 20.2 Å². The Labute approximate surface area is 93.4 Å². The molecule has 86 valence electrons. The maximum absolute atomic E-state index is 10.6. The second-order valence-electron chi connectivity index (χ2n) is 3.06. The summed E-state index contributed by atoms with van der Waals surface area (Å²) in [5.41, 5.74) is 0.334. The third-order valence-corrected chi connectivity index (χ3v) is 2.05. The monoisotopic (exact) mass is 235 g/mol. The summed E-state index contributed by atoms with van der Waals surface area (Å²) in [6, 6.07) is 5.24. The predicted molar refractivity (Wildman–Crippen MR) is 55.1 cm³/mol. The lowest BCUT2D eigenvalue weighted by molar-refractivity contribution is -0.388. The van der Waals surface area contributed by atoms with Crippen LogP contribution in [0.4, 0.5) is 11.5 Å². The van der Waals surface area contributed by atoms with Gasteiger partial charge in [-0.05, 0) is 17.1 Å². The first kappa shape index (κ1) is 10.7. The Bertz CT molecular complexity index is 576. The molecule has 0 saturated carbocycles. The van der Waals surface area contributed by atoms with Crippen molar-refractivity contribution in [2.45, 2.75) is 0 Å². The third-order valence-electron chi connectivity index (χ3n) is 2.05. The molecule has 2 rings (SSSR count). The fraction of sp³-hybridized carbons (Fsp3) is 0. The molecule has 0 aliphatic carbocycles. The summed E-state index contributed by atoms with van der Waals surface area (Å²) in [6.45, 7) is 0. The summed E-state index contributed by atoms with van der Waals surface area (Å²) in [6.07, 6.45) is 0. The fourth-order valence-electron chi connectivity index (χ4n) is 1.29. The van der Waals surface area contributed by atoms with Gasteiger partial charge >= 0.3 is 5.82 Å². The van der Waals surface area contributed by atoms with Gasteiger partial charge in [-0.3, -0.25) is 10.1 Å². The van der Waals surface area contributed by atoms with E-state index in [0.717, 1.165) is 0 Å². The van der Waals surface area contributed by atoms with Gasteiger partial charge in [0.2, 0.25) is 0 Å². The number of H-pyrrole nitrogens is 1. The van der Waals surface area contributed by atoms with Crippen molar-refractivity contribution in [3.05, 3.63) is 44.5 Å². The summed E-state index contributed by atoms with van der Waals surface area (Å²) in [5.74, 6) is -0.418. The molecule has 0 saturated heterocycles. The van der Waals surface area contributed by atoms with Crippen molar-refractivity contribution in [3.63, 3.8) is 0 Å². The Kier molecular flexibility index (Phi) is 2.49. The Morgan fingerprint density at radius 2 is 1.65 bits per heavy atom. The Morgan fingerprint density at radius 1 is 1.00 bits per heavy atom. The highest BCUT2D eigenvalue weighted by Gasteiger charge is 2.21. The molecule has 2 aromatic rings. The average Bonchev–Trinajstić information content (AvgIpc) is 2.78. The van der Waals surface area contributed by atoms with Crippen molar-refractivity contribution in [1.29, 1.82) is 0 Å². The Balaban J connectivity index is 2.43. The van der Waals surface area contributed by atoms with Crippen LogP contribution in [-0.4, -0.2) is 25.3 Å². The predicted octanol–water partition coefficient (Wildman–Crippen LogP) is 1.29. The van der Waals surface area contributed by atoms with E-state index >= 15 is 0 Å². The number of rotatable bonds is 3. The minimum atomic E-state index is -0.680. The molecule has 17 heavy (non-hydrogen) atoms. The summed E-state index contributed by atoms with van der Waals surface area (Å²) >= 11 is 0. The van der Waals surface area contributed by atoms with Gasteiger partial charge in [-0.2, -0.15) is 0 Å². The minimum Gasteiger partial charge on any atom is -0.358 e. The average molecular weight is 235 g/mol. The first-order valence-corrected chi connectivity index (χ1v) is 4.39. The van der Waals surface area contributed by atoms with Crippen molar-refractivity contribution in [3.8, 4) is 11.3 Å². The lowest BCUT2D eigenvalue weighted by atomic mass is 10.1. The summed E-state index contributed by atoms with van der Waals surface area (Å²) in [4.78, 5) is 19.8. The van der Waals surface area contributed by atoms with Crippen molar-refractivity contribution in [1.82, 2.24) is 15.4 Å². The van der Waals surface area contributed by atoms with E-state index < -0.39 is 15.7 Å². The van der Waals surface area contributed by atoms with Crippen LogP contribution in [0.5, 0.6) is 0 Å². The molecule has 1 aromatic carbocycles. The van der Waals surface area contributed by atoms with Crippen LogP contribution in [-0.2, 0) is 0 Å². The maximum Gasteiger partial charge on any atom is 0.418 e. The van der Waals surface area contributed by atoms with Crippen LogP contribution < -0.4 is 0 Å². The van der Waals surface area contributed by atoms with E-state index in [4.69, 9.17) is 0 Å². The van der Waals surface area contributed by atoms with Crippen LogP contribution >= 0.6 is 0 Å². The summed E-state index contributed by atoms with van der Waals surface area (Å²) < 4.78 is 0. The number of nitrogens with one attached hydrogen (secondary N) is 1. The van der Waals surface area contributed by atoms with Crippen molar-refractivity contribution < 1.29 is 9.85 Å². The lowest BCUT2D eigenvalue weighted by Gasteiger charge is -1.95. The molecule has 0 radical (unpaired) electrons. The largest absolute Gasteiger partial charge is 0.418 e. The molecule has 0 fully saturated rings. The van der Waals surface area contributed by atoms with Gasteiger partial charge < -0.3 is 10.1 Å². The molecular formula is C8H5N5O4. The number of hydrogen-bond acceptors (Lipinski definition) is 6. The molecular weight excluding hydrogens is 230 g/mol. The van der Waals surface area contributed by atoms with E-state index in [1.165, 1.54) is 24.3 Å². The van der Waals surface area contributed by atoms with Crippen LogP contribution in [0.15, 0.2) is 24.3 Å². The van der Waals surface area contributed by atoms with Gasteiger partial charge in [0.05, 0.1) is 10.0 Å². The highest BCUT2D eigenvalue weighted by atomic mass is 16.6. The van der Waals surface area contributed by atoms with Gasteiger partial charge in [0.1, 0.15) is 0 Å². The first-order valence-electron chi connectivity index (χ1n) is 4.39. The zero-order valence-corrected chi connectivity index (χ0v) is 8.23. The van der Waals surface area contributed by atoms with E-state index in [-0.39, 0.29) is 11.4 Å². The lowest BCUT2D eigenvalue weighted by Crippen LogP contribution is -1.92. The highest BCUT2D eigenvalue weighted by Crippen LogP contribution is 2.26. The second kappa shape index (κ2) is 3.96. The molecule has 0 atom stereocenters. The molecule has 1 N–H and O–H groups in total. The topological polar surface area (TPSA) is 128 Å². The van der Waals surface area contributed by atoms with E-state index in [2.05, 4.69) is 15.4 Å². The van der Waals surface area contributed by atoms with Gasteiger partial charge in [0.15, 0.2) is 5.69 Å². The number of nitro benzene ring substituents is 1. The smallest absolute Gasteiger partial charge is 0.358 e. The first-order chi connectivity index (χ1) is 8.09. The van der Waals surface area contributed by atoms with E-state index in [1.807, 2.05) is 0 Å². The number of aromatic nitrogens is 3. The number of nitrogens with zero attached hydrogens (tertiary/aromatic N) is 4. The molecule has 0 unspecified atom stereocenters. The van der Waals surface area contributed by atoms with Crippen LogP contribution in [0.2, 0.25) is 0 Å². The number of benzene rings is 1. The van der Waals surface area contributed by atoms with Gasteiger partial charge in [-0.15, -0.1) is 10.3 Å². The number of aromatic amines is 1. The Hall–Kier alpha value is -2.84. The summed E-state index contributed by atoms with van der Waals surface area (Å²) in [7, 11) is 0. The molecule has 1 heterocycles. The van der Waals surface area contributed by atoms with E-state index in [0.29, 0.717) is 5.56 Å². The van der Waals surface area contributed by atoms with Crippen LogP contribution in [0.25, 0.3) is 11.3 Å². The molecule has 0 spiro atoms. The zero-order valence-electron chi connectivity index (χ0n) is 8.23. The van der Waals surface area contributed by atoms with Crippen LogP contribution in [0.3, 0.4) is 0 Å². The number of nitro groups is 2. The van der Waals surface area contributed by atoms with Crippen molar-refractivity contribution in [2.75, 3.05) is 0 Å². The minimum absolute atomic E-state index is 0.0462. The van der Waals surface area contributed by atoms with Crippen LogP contribution in [0, 0.1) is 20.2 Å². The number of non-ortho nitro benzene ring substituents is 1. The molecule has 1 aromatic heterocycles. The van der Waals surface area contributed by atoms with E-state index in [1.54, 1.807) is 0 Å². The summed E-state index contributed by atoms with van der Waals surface area (Å²) in [5, 5.41) is 30.2. The van der Waals surface area contributed by atoms with Crippen LogP contribution in [0.1, 0.15) is 0 Å². The molecule has 0 aliphatic rings. The third kappa shape index (κ3) is 1.93. The SMILES string of the molecule is O=[N+]([O-])c1ccc(-c2n[nH]nc2[N+](=O)[O-])cc1. The van der Waals surface area contributed by atoms with Crippen molar-refractivity contribution >= 4 is 11.5 Å². The normalized spacial score (nSPS) is 10.1. The molecule has 0 aliphatic heterocycles. The van der Waals surface area contributed by atoms with Gasteiger partial charge in [0.25, 0.3) is 5.69 Å². The van der Waals surface area contributed by atoms with Crippen molar-refractivity contribution in [2.24, 2.45) is 0 Å². The molecule has 9 nitrogen and oxygen atoms in total. The quantitative estimate of drug-likeness (QED) is 0.630. The maximum atomic E-state index is 10.6. The zero-order chi connectivity index (χ0) is 12.4. The van der Waals surface area contributed by atoms with Gasteiger partial charge in [0, 0.05) is 17.7 Å². The second-order valence-corrected chi connectivity index (χ2v) is 3.06. The molecule has 0 amide bonds. The highest BCUT2D eigenvalue weighted by molar-refractivity contribution is 5.67. The Morgan fingerprint density at radius 3 is 2.18 bits per heavy atom. The molecule has 9 heteroatoms. The standard InChI is InChI=1S/C8H5N5O4/c14-12(15)6-3-1-5(2-4-6)7-8(13(16)17)10-11-9-7/h1-4H,(H,9,10,11). The molecule has 0 bridgehead atoms. The fourth-order valence-corrected chi connectivity index (χ4v) is 1.29. The van der Waals surface area contributed by atoms with Gasteiger partial charge in [-0.25, -0.2) is 0 Å². The number of hydrogen-bond donors (Lipinski definition) is 1.